The number of phenolic OH excluding ortho intramolecular Hbond substituents is 1. The molecule has 66 valence electrons. The standard InChI is InChI=1S/C9H10O3.Na.H/c1-6(9(11)12)7-2-4-8(10)5-3-7;;/h2-6,10H,1H3,(H,11,12);;/t6-;;/m1../s1. The fourth-order valence-electron chi connectivity index (χ4n) is 0.906. The Labute approximate surface area is 98.7 Å². The molecule has 0 aliphatic heterocycles. The van der Waals surface area contributed by atoms with Crippen molar-refractivity contribution in [3.05, 3.63) is 29.8 Å². The molecule has 1 aromatic carbocycles. The zero-order chi connectivity index (χ0) is 9.14. The van der Waals surface area contributed by atoms with Crippen molar-refractivity contribution < 1.29 is 15.0 Å². The minimum atomic E-state index is -0.860. The quantitative estimate of drug-likeness (QED) is 0.682. The molecule has 0 saturated heterocycles. The number of carbonyl (C=O) groups is 1. The summed E-state index contributed by atoms with van der Waals surface area (Å²) in [5, 5.41) is 17.6. The van der Waals surface area contributed by atoms with E-state index in [1.54, 1.807) is 19.1 Å². The van der Waals surface area contributed by atoms with Crippen LogP contribution >= 0.6 is 0 Å². The molecule has 1 aromatic rings. The predicted molar refractivity (Wildman–Crippen MR) is 51.3 cm³/mol. The summed E-state index contributed by atoms with van der Waals surface area (Å²) in [6.07, 6.45) is 0. The van der Waals surface area contributed by atoms with E-state index in [1.807, 2.05) is 0 Å². The number of aliphatic carboxylic acids is 1. The number of hydrogen-bond acceptors (Lipinski definition) is 2. The van der Waals surface area contributed by atoms with Gasteiger partial charge < -0.3 is 10.2 Å². The van der Waals surface area contributed by atoms with Crippen LogP contribution in [0.15, 0.2) is 24.3 Å². The van der Waals surface area contributed by atoms with Crippen LogP contribution < -0.4 is 0 Å². The Morgan fingerprint density at radius 1 is 1.31 bits per heavy atom. The average molecular weight is 190 g/mol. The molecule has 3 nitrogen and oxygen atoms in total. The van der Waals surface area contributed by atoms with E-state index in [1.165, 1.54) is 12.1 Å². The number of aromatic hydroxyl groups is 1. The molecule has 13 heavy (non-hydrogen) atoms. The number of rotatable bonds is 2. The Balaban J connectivity index is 0.00000144. The maximum absolute atomic E-state index is 10.5. The molecule has 2 N–H and O–H groups in total. The maximum atomic E-state index is 10.5. The molecule has 0 saturated carbocycles. The monoisotopic (exact) mass is 190 g/mol. The number of hydrogen-bond donors (Lipinski definition) is 2. The molecule has 0 bridgehead atoms. The van der Waals surface area contributed by atoms with E-state index in [0.717, 1.165) is 0 Å². The van der Waals surface area contributed by atoms with Crippen LogP contribution in [0.3, 0.4) is 0 Å². The van der Waals surface area contributed by atoms with Crippen LogP contribution in [0.4, 0.5) is 0 Å². The SMILES string of the molecule is C[C@@H](C(=O)O)c1ccc(O)cc1.[NaH]. The third-order valence-corrected chi connectivity index (χ3v) is 1.76. The Kier molecular flexibility index (Phi) is 5.06. The van der Waals surface area contributed by atoms with E-state index in [-0.39, 0.29) is 35.3 Å². The number of benzene rings is 1. The van der Waals surface area contributed by atoms with Gasteiger partial charge in [-0.3, -0.25) is 4.79 Å². The normalized spacial score (nSPS) is 11.5. The summed E-state index contributed by atoms with van der Waals surface area (Å²) in [7, 11) is 0. The van der Waals surface area contributed by atoms with E-state index in [2.05, 4.69) is 0 Å². The van der Waals surface area contributed by atoms with Crippen molar-refractivity contribution in [1.29, 1.82) is 0 Å². The second kappa shape index (κ2) is 5.27. The number of carboxylic acid groups (broad SMARTS) is 1. The Morgan fingerprint density at radius 3 is 2.15 bits per heavy atom. The van der Waals surface area contributed by atoms with Crippen molar-refractivity contribution in [2.75, 3.05) is 0 Å². The van der Waals surface area contributed by atoms with Crippen LogP contribution in [0.25, 0.3) is 0 Å². The molecule has 0 aliphatic carbocycles. The van der Waals surface area contributed by atoms with Gasteiger partial charge in [-0.15, -0.1) is 0 Å². The molecule has 1 atom stereocenters. The van der Waals surface area contributed by atoms with Gasteiger partial charge in [0.25, 0.3) is 0 Å². The molecule has 0 amide bonds. The van der Waals surface area contributed by atoms with Gasteiger partial charge in [-0.05, 0) is 24.6 Å². The summed E-state index contributed by atoms with van der Waals surface area (Å²) < 4.78 is 0. The molecule has 1 rings (SSSR count). The minimum absolute atomic E-state index is 0. The van der Waals surface area contributed by atoms with Gasteiger partial charge in [0.15, 0.2) is 0 Å². The van der Waals surface area contributed by atoms with Crippen LogP contribution in [0.5, 0.6) is 5.75 Å². The molecule has 0 aliphatic rings. The van der Waals surface area contributed by atoms with Crippen molar-refractivity contribution in [3.63, 3.8) is 0 Å². The van der Waals surface area contributed by atoms with E-state index < -0.39 is 11.9 Å². The predicted octanol–water partition coefficient (Wildman–Crippen LogP) is 0.932. The summed E-state index contributed by atoms with van der Waals surface area (Å²) in [6.45, 7) is 1.61. The molecular weight excluding hydrogens is 179 g/mol. The van der Waals surface area contributed by atoms with Crippen LogP contribution in [-0.2, 0) is 4.79 Å². The summed E-state index contributed by atoms with van der Waals surface area (Å²) in [4.78, 5) is 10.5. The van der Waals surface area contributed by atoms with Gasteiger partial charge in [-0.2, -0.15) is 0 Å². The third-order valence-electron chi connectivity index (χ3n) is 1.76. The van der Waals surface area contributed by atoms with E-state index in [0.29, 0.717) is 5.56 Å². The molecule has 0 spiro atoms. The Morgan fingerprint density at radius 2 is 1.77 bits per heavy atom. The van der Waals surface area contributed by atoms with E-state index in [4.69, 9.17) is 10.2 Å². The first-order valence-electron chi connectivity index (χ1n) is 3.63. The van der Waals surface area contributed by atoms with Crippen molar-refractivity contribution in [3.8, 4) is 5.75 Å². The average Bonchev–Trinajstić information content (AvgIpc) is 2.04. The van der Waals surface area contributed by atoms with Crippen molar-refractivity contribution in [1.82, 2.24) is 0 Å². The first-order valence-corrected chi connectivity index (χ1v) is 3.63. The van der Waals surface area contributed by atoms with E-state index in [9.17, 15) is 4.79 Å². The topological polar surface area (TPSA) is 57.5 Å². The first-order chi connectivity index (χ1) is 5.61. The third kappa shape index (κ3) is 3.38. The van der Waals surface area contributed by atoms with Crippen molar-refractivity contribution in [2.24, 2.45) is 0 Å². The van der Waals surface area contributed by atoms with Crippen LogP contribution in [0, 0.1) is 0 Å². The second-order valence-corrected chi connectivity index (χ2v) is 2.65. The fourth-order valence-corrected chi connectivity index (χ4v) is 0.906. The molecule has 0 radical (unpaired) electrons. The molecule has 0 heterocycles. The van der Waals surface area contributed by atoms with Crippen LogP contribution in [-0.4, -0.2) is 45.7 Å². The van der Waals surface area contributed by atoms with Gasteiger partial charge in [-0.1, -0.05) is 12.1 Å². The summed E-state index contributed by atoms with van der Waals surface area (Å²) >= 11 is 0. The molecule has 0 fully saturated rings. The van der Waals surface area contributed by atoms with Gasteiger partial charge in [-0.25, -0.2) is 0 Å². The number of phenols is 1. The van der Waals surface area contributed by atoms with Gasteiger partial charge in [0, 0.05) is 0 Å². The van der Waals surface area contributed by atoms with Crippen LogP contribution in [0.2, 0.25) is 0 Å². The fraction of sp³-hybridized carbons (Fsp3) is 0.222. The molecular formula is C9H11NaO3. The van der Waals surface area contributed by atoms with Crippen molar-refractivity contribution >= 4 is 35.5 Å². The molecule has 4 heteroatoms. The van der Waals surface area contributed by atoms with Gasteiger partial charge in [0.2, 0.25) is 0 Å². The first kappa shape index (κ1) is 12.5. The number of carboxylic acids is 1. The summed E-state index contributed by atoms with van der Waals surface area (Å²) in [5.41, 5.74) is 0.695. The van der Waals surface area contributed by atoms with Gasteiger partial charge in [0.05, 0.1) is 5.92 Å². The van der Waals surface area contributed by atoms with Crippen LogP contribution in [0.1, 0.15) is 18.4 Å². The van der Waals surface area contributed by atoms with E-state index >= 15 is 0 Å². The second-order valence-electron chi connectivity index (χ2n) is 2.65. The Hall–Kier alpha value is -0.510. The van der Waals surface area contributed by atoms with Gasteiger partial charge in [0.1, 0.15) is 5.75 Å². The summed E-state index contributed by atoms with van der Waals surface area (Å²) in [6, 6.07) is 6.17. The molecule has 0 aromatic heterocycles. The van der Waals surface area contributed by atoms with Gasteiger partial charge >= 0.3 is 35.5 Å². The zero-order valence-electron chi connectivity index (χ0n) is 6.69. The zero-order valence-corrected chi connectivity index (χ0v) is 6.69. The Bertz CT molecular complexity index is 281. The summed E-state index contributed by atoms with van der Waals surface area (Å²) in [5.74, 6) is -1.23. The molecule has 0 unspecified atom stereocenters. The van der Waals surface area contributed by atoms with Crippen molar-refractivity contribution in [2.45, 2.75) is 12.8 Å².